The Hall–Kier alpha value is -2.88. The first-order valence-electron chi connectivity index (χ1n) is 9.46. The van der Waals surface area contributed by atoms with Gasteiger partial charge in [0, 0.05) is 18.8 Å². The average Bonchev–Trinajstić information content (AvgIpc) is 2.67. The fraction of sp³-hybridized carbons (Fsp3) is 0.304. The number of para-hydroxylation sites is 1. The monoisotopic (exact) mass is 362 g/mol. The van der Waals surface area contributed by atoms with Crippen molar-refractivity contribution in [3.8, 4) is 0 Å². The van der Waals surface area contributed by atoms with Gasteiger partial charge in [-0.25, -0.2) is 0 Å². The lowest BCUT2D eigenvalue weighted by Crippen LogP contribution is -2.33. The molecule has 0 fully saturated rings. The topological polar surface area (TPSA) is 49.4 Å². The summed E-state index contributed by atoms with van der Waals surface area (Å²) in [6, 6.07) is 15.5. The standard InChI is InChI=1S/C23H26N2O2/c1-4-16(2)19-10-7-8-12-21(19)24-23(27)15-22-20-11-6-5-9-18(20)13-14-25(22)17(3)26/h5-14,16,22H,4,15H2,1-3H3,(H,24,27)/t16-,22-/m0/s1. The zero-order valence-electron chi connectivity index (χ0n) is 16.1. The van der Waals surface area contributed by atoms with E-state index in [0.717, 1.165) is 28.8 Å². The number of benzene rings is 2. The van der Waals surface area contributed by atoms with Crippen LogP contribution in [0.5, 0.6) is 0 Å². The Morgan fingerprint density at radius 1 is 1.11 bits per heavy atom. The van der Waals surface area contributed by atoms with Gasteiger partial charge in [0.1, 0.15) is 0 Å². The molecule has 140 valence electrons. The second-order valence-corrected chi connectivity index (χ2v) is 7.04. The molecule has 4 nitrogen and oxygen atoms in total. The molecular formula is C23H26N2O2. The van der Waals surface area contributed by atoms with E-state index in [0.29, 0.717) is 5.92 Å². The number of hydrogen-bond acceptors (Lipinski definition) is 2. The molecule has 0 bridgehead atoms. The van der Waals surface area contributed by atoms with Crippen LogP contribution in [0.2, 0.25) is 0 Å². The smallest absolute Gasteiger partial charge is 0.226 e. The Balaban J connectivity index is 1.83. The Morgan fingerprint density at radius 2 is 1.81 bits per heavy atom. The number of fused-ring (bicyclic) bond motifs is 1. The second-order valence-electron chi connectivity index (χ2n) is 7.04. The molecular weight excluding hydrogens is 336 g/mol. The molecule has 2 atom stereocenters. The summed E-state index contributed by atoms with van der Waals surface area (Å²) >= 11 is 0. The summed E-state index contributed by atoms with van der Waals surface area (Å²) in [5.74, 6) is 0.208. The van der Waals surface area contributed by atoms with Crippen molar-refractivity contribution in [2.75, 3.05) is 5.32 Å². The van der Waals surface area contributed by atoms with Crippen molar-refractivity contribution < 1.29 is 9.59 Å². The highest BCUT2D eigenvalue weighted by Crippen LogP contribution is 2.33. The van der Waals surface area contributed by atoms with Gasteiger partial charge < -0.3 is 10.2 Å². The van der Waals surface area contributed by atoms with Crippen LogP contribution in [0.3, 0.4) is 0 Å². The molecule has 1 aliphatic heterocycles. The van der Waals surface area contributed by atoms with Gasteiger partial charge >= 0.3 is 0 Å². The van der Waals surface area contributed by atoms with Crippen molar-refractivity contribution in [3.63, 3.8) is 0 Å². The van der Waals surface area contributed by atoms with Gasteiger partial charge in [-0.05, 0) is 41.2 Å². The van der Waals surface area contributed by atoms with Gasteiger partial charge in [0.2, 0.25) is 11.8 Å². The number of rotatable bonds is 5. The zero-order chi connectivity index (χ0) is 19.4. The molecule has 3 rings (SSSR count). The van der Waals surface area contributed by atoms with Gasteiger partial charge in [0.25, 0.3) is 0 Å². The van der Waals surface area contributed by atoms with Crippen LogP contribution < -0.4 is 5.32 Å². The van der Waals surface area contributed by atoms with Crippen LogP contribution in [0.25, 0.3) is 6.08 Å². The lowest BCUT2D eigenvalue weighted by molar-refractivity contribution is -0.129. The fourth-order valence-corrected chi connectivity index (χ4v) is 3.55. The van der Waals surface area contributed by atoms with Crippen LogP contribution in [0.15, 0.2) is 54.7 Å². The van der Waals surface area contributed by atoms with E-state index in [-0.39, 0.29) is 24.3 Å². The van der Waals surface area contributed by atoms with E-state index in [9.17, 15) is 9.59 Å². The minimum absolute atomic E-state index is 0.0708. The van der Waals surface area contributed by atoms with Crippen LogP contribution in [0.1, 0.15) is 62.3 Å². The number of carbonyl (C=O) groups excluding carboxylic acids is 2. The summed E-state index contributed by atoms with van der Waals surface area (Å²) in [5.41, 5.74) is 4.04. The molecule has 2 aromatic carbocycles. The van der Waals surface area contributed by atoms with Crippen LogP contribution >= 0.6 is 0 Å². The number of carbonyl (C=O) groups is 2. The maximum absolute atomic E-state index is 12.8. The highest BCUT2D eigenvalue weighted by Gasteiger charge is 2.28. The molecule has 2 amide bonds. The van der Waals surface area contributed by atoms with Gasteiger partial charge in [-0.15, -0.1) is 0 Å². The largest absolute Gasteiger partial charge is 0.326 e. The number of amides is 2. The van der Waals surface area contributed by atoms with E-state index in [4.69, 9.17) is 0 Å². The third-order valence-electron chi connectivity index (χ3n) is 5.23. The van der Waals surface area contributed by atoms with Crippen LogP contribution in [0.4, 0.5) is 5.69 Å². The molecule has 2 aromatic rings. The predicted molar refractivity (Wildman–Crippen MR) is 109 cm³/mol. The van der Waals surface area contributed by atoms with Crippen molar-refractivity contribution in [3.05, 3.63) is 71.4 Å². The lowest BCUT2D eigenvalue weighted by Gasteiger charge is -2.32. The summed E-state index contributed by atoms with van der Waals surface area (Å²) < 4.78 is 0. The minimum atomic E-state index is -0.292. The summed E-state index contributed by atoms with van der Waals surface area (Å²) in [7, 11) is 0. The molecule has 1 heterocycles. The first-order valence-corrected chi connectivity index (χ1v) is 9.46. The third-order valence-corrected chi connectivity index (χ3v) is 5.23. The van der Waals surface area contributed by atoms with E-state index in [1.54, 1.807) is 11.1 Å². The van der Waals surface area contributed by atoms with Crippen molar-refractivity contribution >= 4 is 23.6 Å². The maximum Gasteiger partial charge on any atom is 0.226 e. The number of nitrogens with one attached hydrogen (secondary N) is 1. The Labute approximate surface area is 160 Å². The molecule has 0 aromatic heterocycles. The van der Waals surface area contributed by atoms with Gasteiger partial charge in [-0.3, -0.25) is 9.59 Å². The molecule has 0 saturated heterocycles. The highest BCUT2D eigenvalue weighted by atomic mass is 16.2. The van der Waals surface area contributed by atoms with Crippen molar-refractivity contribution in [2.24, 2.45) is 0 Å². The Morgan fingerprint density at radius 3 is 2.56 bits per heavy atom. The van der Waals surface area contributed by atoms with Crippen molar-refractivity contribution in [1.82, 2.24) is 4.90 Å². The maximum atomic E-state index is 12.8. The summed E-state index contributed by atoms with van der Waals surface area (Å²) in [6.45, 7) is 5.82. The molecule has 0 radical (unpaired) electrons. The average molecular weight is 362 g/mol. The summed E-state index contributed by atoms with van der Waals surface area (Å²) in [5, 5.41) is 3.06. The zero-order valence-corrected chi connectivity index (χ0v) is 16.1. The highest BCUT2D eigenvalue weighted by molar-refractivity contribution is 5.93. The van der Waals surface area contributed by atoms with Crippen LogP contribution in [-0.2, 0) is 9.59 Å². The quantitative estimate of drug-likeness (QED) is 0.804. The van der Waals surface area contributed by atoms with E-state index in [1.807, 2.05) is 48.5 Å². The van der Waals surface area contributed by atoms with E-state index in [2.05, 4.69) is 25.2 Å². The molecule has 1 aliphatic rings. The van der Waals surface area contributed by atoms with Crippen LogP contribution in [-0.4, -0.2) is 16.7 Å². The number of hydrogen-bond donors (Lipinski definition) is 1. The molecule has 4 heteroatoms. The Kier molecular flexibility index (Phi) is 5.75. The number of anilines is 1. The van der Waals surface area contributed by atoms with Gasteiger partial charge in [0.15, 0.2) is 0 Å². The number of nitrogens with zero attached hydrogens (tertiary/aromatic N) is 1. The van der Waals surface area contributed by atoms with Gasteiger partial charge in [-0.1, -0.05) is 56.3 Å². The minimum Gasteiger partial charge on any atom is -0.326 e. The SMILES string of the molecule is CC[C@H](C)c1ccccc1NC(=O)C[C@H]1c2ccccc2C=CN1C(C)=O. The molecule has 1 N–H and O–H groups in total. The van der Waals surface area contributed by atoms with Crippen LogP contribution in [0, 0.1) is 0 Å². The molecule has 0 spiro atoms. The first kappa shape index (κ1) is 18.9. The fourth-order valence-electron chi connectivity index (χ4n) is 3.55. The van der Waals surface area contributed by atoms with Crippen molar-refractivity contribution in [1.29, 1.82) is 0 Å². The van der Waals surface area contributed by atoms with E-state index >= 15 is 0 Å². The second kappa shape index (κ2) is 8.21. The summed E-state index contributed by atoms with van der Waals surface area (Å²) in [4.78, 5) is 26.6. The Bertz CT molecular complexity index is 872. The molecule has 27 heavy (non-hydrogen) atoms. The first-order chi connectivity index (χ1) is 13.0. The molecule has 0 unspecified atom stereocenters. The predicted octanol–water partition coefficient (Wildman–Crippen LogP) is 5.10. The molecule has 0 saturated carbocycles. The lowest BCUT2D eigenvalue weighted by atomic mass is 9.93. The van der Waals surface area contributed by atoms with E-state index in [1.165, 1.54) is 6.92 Å². The van der Waals surface area contributed by atoms with E-state index < -0.39 is 0 Å². The third kappa shape index (κ3) is 4.11. The molecule has 0 aliphatic carbocycles. The van der Waals surface area contributed by atoms with Gasteiger partial charge in [0.05, 0.1) is 12.5 Å². The summed E-state index contributed by atoms with van der Waals surface area (Å²) in [6.07, 6.45) is 4.92. The van der Waals surface area contributed by atoms with Crippen molar-refractivity contribution in [2.45, 2.75) is 45.6 Å². The normalized spacial score (nSPS) is 16.6. The van der Waals surface area contributed by atoms with Gasteiger partial charge in [-0.2, -0.15) is 0 Å².